The Labute approximate surface area is 106 Å². The summed E-state index contributed by atoms with van der Waals surface area (Å²) >= 11 is 0. The number of hydrogen-bond donors (Lipinski definition) is 0. The van der Waals surface area contributed by atoms with Gasteiger partial charge in [-0.25, -0.2) is 0 Å². The summed E-state index contributed by atoms with van der Waals surface area (Å²) in [7, 11) is 0. The van der Waals surface area contributed by atoms with Gasteiger partial charge < -0.3 is 19.8 Å². The number of aliphatic carboxylic acids is 2. The summed E-state index contributed by atoms with van der Waals surface area (Å²) < 4.78 is 74.7. The molecule has 0 aliphatic carbocycles. The fourth-order valence-corrected chi connectivity index (χ4v) is 1.28. The SMILES string of the molecule is CC(ON1CC1(C(F)(F)F)C(F)(F)F)(C(=O)[O-])C(=O)[O-]. The van der Waals surface area contributed by atoms with Gasteiger partial charge in [-0.15, -0.1) is 0 Å². The van der Waals surface area contributed by atoms with Crippen molar-refractivity contribution in [2.45, 2.75) is 30.4 Å². The molecule has 0 radical (unpaired) electrons. The molecule has 1 heterocycles. The van der Waals surface area contributed by atoms with E-state index in [2.05, 4.69) is 4.84 Å². The number of hydrogen-bond acceptors (Lipinski definition) is 6. The van der Waals surface area contributed by atoms with Gasteiger partial charge in [0.25, 0.3) is 5.54 Å². The van der Waals surface area contributed by atoms with Crippen LogP contribution in [0.5, 0.6) is 0 Å². The van der Waals surface area contributed by atoms with Gasteiger partial charge in [0.15, 0.2) is 5.60 Å². The molecule has 1 saturated heterocycles. The van der Waals surface area contributed by atoms with Crippen LogP contribution in [0.15, 0.2) is 0 Å². The second kappa shape index (κ2) is 4.22. The van der Waals surface area contributed by atoms with Crippen molar-refractivity contribution in [3.05, 3.63) is 0 Å². The molecule has 1 unspecified atom stereocenters. The van der Waals surface area contributed by atoms with Gasteiger partial charge in [0, 0.05) is 0 Å². The Morgan fingerprint density at radius 1 is 1.05 bits per heavy atom. The molecule has 1 aliphatic heterocycles. The van der Waals surface area contributed by atoms with Gasteiger partial charge >= 0.3 is 12.4 Å². The normalized spacial score (nSPS) is 22.4. The molecule has 12 heteroatoms. The summed E-state index contributed by atoms with van der Waals surface area (Å²) in [6, 6.07) is 0. The van der Waals surface area contributed by atoms with Crippen LogP contribution in [-0.4, -0.2) is 47.0 Å². The minimum atomic E-state index is -5.84. The van der Waals surface area contributed by atoms with Crippen LogP contribution in [0.25, 0.3) is 0 Å². The van der Waals surface area contributed by atoms with Crippen molar-refractivity contribution in [3.63, 3.8) is 0 Å². The molecule has 20 heavy (non-hydrogen) atoms. The minimum absolute atomic E-state index is 0.202. The molecule has 0 amide bonds. The second-order valence-electron chi connectivity index (χ2n) is 4.09. The first-order chi connectivity index (χ1) is 8.70. The van der Waals surface area contributed by atoms with Gasteiger partial charge in [0.1, 0.15) is 0 Å². The molecular formula is C8H5F6NO5-2. The average Bonchev–Trinajstić information content (AvgIpc) is 2.90. The number of alkyl halides is 6. The Morgan fingerprint density at radius 2 is 1.40 bits per heavy atom. The molecule has 1 fully saturated rings. The van der Waals surface area contributed by atoms with E-state index in [9.17, 15) is 46.1 Å². The molecule has 0 saturated carbocycles. The molecule has 0 aromatic carbocycles. The highest BCUT2D eigenvalue weighted by Gasteiger charge is 2.85. The summed E-state index contributed by atoms with van der Waals surface area (Å²) in [5.74, 6) is -5.11. The van der Waals surface area contributed by atoms with Crippen molar-refractivity contribution in [2.24, 2.45) is 0 Å². The van der Waals surface area contributed by atoms with E-state index in [1.807, 2.05) is 0 Å². The first-order valence-electron chi connectivity index (χ1n) is 4.73. The van der Waals surface area contributed by atoms with E-state index in [0.717, 1.165) is 0 Å². The van der Waals surface area contributed by atoms with Crippen LogP contribution in [-0.2, 0) is 14.4 Å². The van der Waals surface area contributed by atoms with E-state index in [-0.39, 0.29) is 6.92 Å². The Bertz CT molecular complexity index is 416. The molecule has 0 N–H and O–H groups in total. The van der Waals surface area contributed by atoms with Gasteiger partial charge in [0.2, 0.25) is 0 Å². The molecule has 6 nitrogen and oxygen atoms in total. The molecule has 1 atom stereocenters. The fourth-order valence-electron chi connectivity index (χ4n) is 1.28. The van der Waals surface area contributed by atoms with Crippen molar-refractivity contribution < 1.29 is 51.0 Å². The lowest BCUT2D eigenvalue weighted by Crippen LogP contribution is -2.61. The molecule has 1 aliphatic rings. The van der Waals surface area contributed by atoms with Crippen LogP contribution in [0.4, 0.5) is 26.3 Å². The van der Waals surface area contributed by atoms with Crippen LogP contribution < -0.4 is 10.2 Å². The molecule has 0 spiro atoms. The molecule has 0 bridgehead atoms. The lowest BCUT2D eigenvalue weighted by Gasteiger charge is -2.33. The zero-order valence-electron chi connectivity index (χ0n) is 9.46. The molecule has 0 aromatic rings. The summed E-state index contributed by atoms with van der Waals surface area (Å²) in [6.07, 6.45) is -11.7. The van der Waals surface area contributed by atoms with Crippen LogP contribution in [0.1, 0.15) is 6.92 Å². The Kier molecular flexibility index (Phi) is 3.48. The number of hydroxylamine groups is 2. The predicted molar refractivity (Wildman–Crippen MR) is 41.1 cm³/mol. The highest BCUT2D eigenvalue weighted by Crippen LogP contribution is 2.57. The van der Waals surface area contributed by atoms with E-state index < -0.39 is 47.0 Å². The number of rotatable bonds is 4. The van der Waals surface area contributed by atoms with Crippen LogP contribution in [0.3, 0.4) is 0 Å². The summed E-state index contributed by atoms with van der Waals surface area (Å²) in [4.78, 5) is 24.8. The van der Waals surface area contributed by atoms with E-state index in [0.29, 0.717) is 0 Å². The van der Waals surface area contributed by atoms with E-state index in [4.69, 9.17) is 0 Å². The highest BCUT2D eigenvalue weighted by molar-refractivity contribution is 5.99. The van der Waals surface area contributed by atoms with Crippen molar-refractivity contribution in [3.8, 4) is 0 Å². The summed E-state index contributed by atoms with van der Waals surface area (Å²) in [5.41, 5.74) is -7.94. The smallest absolute Gasteiger partial charge is 0.419 e. The Morgan fingerprint density at radius 3 is 1.60 bits per heavy atom. The van der Waals surface area contributed by atoms with Crippen molar-refractivity contribution in [2.75, 3.05) is 6.54 Å². The number of halogens is 6. The second-order valence-corrected chi connectivity index (χ2v) is 4.09. The van der Waals surface area contributed by atoms with Crippen molar-refractivity contribution >= 4 is 11.9 Å². The maximum atomic E-state index is 12.5. The quantitative estimate of drug-likeness (QED) is 0.351. The van der Waals surface area contributed by atoms with Crippen LogP contribution in [0.2, 0.25) is 0 Å². The summed E-state index contributed by atoms with van der Waals surface area (Å²) in [5, 5.41) is 20.2. The highest BCUT2D eigenvalue weighted by atomic mass is 19.4. The van der Waals surface area contributed by atoms with Gasteiger partial charge in [-0.2, -0.15) is 31.4 Å². The first kappa shape index (κ1) is 16.5. The minimum Gasteiger partial charge on any atom is -0.546 e. The number of carbonyl (C=O) groups excluding carboxylic acids is 2. The predicted octanol–water partition coefficient (Wildman–Crippen LogP) is -1.64. The topological polar surface area (TPSA) is 92.5 Å². The van der Waals surface area contributed by atoms with E-state index in [1.54, 1.807) is 0 Å². The number of carbonyl (C=O) groups is 2. The van der Waals surface area contributed by atoms with Gasteiger partial charge in [-0.1, -0.05) is 0 Å². The monoisotopic (exact) mass is 309 g/mol. The third-order valence-electron chi connectivity index (χ3n) is 2.70. The number of carboxylic acid groups (broad SMARTS) is 2. The zero-order valence-corrected chi connectivity index (χ0v) is 9.46. The van der Waals surface area contributed by atoms with Gasteiger partial charge in [0.05, 0.1) is 18.5 Å². The lowest BCUT2D eigenvalue weighted by molar-refractivity contribution is -0.376. The maximum absolute atomic E-state index is 12.5. The van der Waals surface area contributed by atoms with Crippen molar-refractivity contribution in [1.29, 1.82) is 0 Å². The molecule has 1 rings (SSSR count). The molecule has 116 valence electrons. The third kappa shape index (κ3) is 2.18. The summed E-state index contributed by atoms with van der Waals surface area (Å²) in [6.45, 7) is -1.59. The van der Waals surface area contributed by atoms with E-state index in [1.165, 1.54) is 0 Å². The number of nitrogens with zero attached hydrogens (tertiary/aromatic N) is 1. The standard InChI is InChI=1S/C8H7F6NO5/c1-5(3(16)17,4(18)19)20-15-2-6(15,7(9,10)11)8(12,13)14/h2H2,1H3,(H,16,17)(H,18,19)/p-2. The molecular weight excluding hydrogens is 304 g/mol. The average molecular weight is 309 g/mol. The fraction of sp³-hybridized carbons (Fsp3) is 0.750. The zero-order chi connectivity index (χ0) is 16.1. The Balaban J connectivity index is 3.09. The van der Waals surface area contributed by atoms with Gasteiger partial charge in [-0.05, 0) is 6.92 Å². The third-order valence-corrected chi connectivity index (χ3v) is 2.70. The van der Waals surface area contributed by atoms with Gasteiger partial charge in [-0.3, -0.25) is 4.84 Å². The Hall–Kier alpha value is -1.56. The maximum Gasteiger partial charge on any atom is 0.419 e. The molecule has 0 aromatic heterocycles. The largest absolute Gasteiger partial charge is 0.546 e. The lowest BCUT2D eigenvalue weighted by atomic mass is 10.1. The first-order valence-corrected chi connectivity index (χ1v) is 4.73. The number of carboxylic acids is 2. The van der Waals surface area contributed by atoms with Crippen LogP contribution in [0, 0.1) is 0 Å². The van der Waals surface area contributed by atoms with Crippen molar-refractivity contribution in [1.82, 2.24) is 5.06 Å². The van der Waals surface area contributed by atoms with Crippen LogP contribution >= 0.6 is 0 Å². The van der Waals surface area contributed by atoms with E-state index >= 15 is 0 Å².